The smallest absolute Gasteiger partial charge is 0.0709 e. The van der Waals surface area contributed by atoms with Crippen molar-refractivity contribution >= 4 is 23.1 Å². The molecule has 0 spiro atoms. The molecule has 0 bridgehead atoms. The predicted molar refractivity (Wildman–Crippen MR) is 81.9 cm³/mol. The lowest BCUT2D eigenvalue weighted by Crippen LogP contribution is -1.83. The molecule has 1 aromatic heterocycles. The van der Waals surface area contributed by atoms with Crippen LogP contribution in [0, 0.1) is 6.92 Å². The number of hydrogen-bond acceptors (Lipinski definition) is 1. The third kappa shape index (κ3) is 2.55. The third-order valence-electron chi connectivity index (χ3n) is 3.24. The van der Waals surface area contributed by atoms with E-state index in [-0.39, 0.29) is 0 Å². The molecule has 92 valence electrons. The molecule has 0 saturated carbocycles. The average molecular weight is 245 g/mol. The van der Waals surface area contributed by atoms with Crippen molar-refractivity contribution < 1.29 is 0 Å². The van der Waals surface area contributed by atoms with Gasteiger partial charge in [-0.2, -0.15) is 0 Å². The summed E-state index contributed by atoms with van der Waals surface area (Å²) in [6.07, 6.45) is 4.18. The fourth-order valence-corrected chi connectivity index (χ4v) is 2.12. The van der Waals surface area contributed by atoms with Gasteiger partial charge < -0.3 is 0 Å². The van der Waals surface area contributed by atoms with Gasteiger partial charge >= 0.3 is 0 Å². The summed E-state index contributed by atoms with van der Waals surface area (Å²) >= 11 is 0. The number of rotatable bonds is 2. The van der Waals surface area contributed by atoms with Crippen LogP contribution in [-0.4, -0.2) is 4.98 Å². The minimum Gasteiger partial charge on any atom is -0.248 e. The molecule has 3 aromatic rings. The Morgan fingerprint density at radius 2 is 1.58 bits per heavy atom. The maximum Gasteiger partial charge on any atom is 0.0709 e. The van der Waals surface area contributed by atoms with Crippen LogP contribution in [0.25, 0.3) is 23.1 Å². The molecule has 0 aliphatic carbocycles. The van der Waals surface area contributed by atoms with Crippen LogP contribution in [0.4, 0.5) is 0 Å². The second kappa shape index (κ2) is 5.07. The number of aryl methyl sites for hydroxylation is 1. The summed E-state index contributed by atoms with van der Waals surface area (Å²) in [4.78, 5) is 4.63. The lowest BCUT2D eigenvalue weighted by molar-refractivity contribution is 1.37. The monoisotopic (exact) mass is 245 g/mol. The molecule has 1 heteroatoms. The molecule has 1 nitrogen and oxygen atoms in total. The molecule has 2 aromatic carbocycles. The maximum absolute atomic E-state index is 4.63. The number of hydrogen-bond donors (Lipinski definition) is 0. The van der Waals surface area contributed by atoms with E-state index in [2.05, 4.69) is 66.5 Å². The van der Waals surface area contributed by atoms with Crippen molar-refractivity contribution in [2.75, 3.05) is 0 Å². The van der Waals surface area contributed by atoms with E-state index in [1.807, 2.05) is 18.2 Å². The third-order valence-corrected chi connectivity index (χ3v) is 3.24. The highest BCUT2D eigenvalue weighted by atomic mass is 14.7. The van der Waals surface area contributed by atoms with Gasteiger partial charge in [0, 0.05) is 5.39 Å². The molecule has 0 amide bonds. The summed E-state index contributed by atoms with van der Waals surface area (Å²) < 4.78 is 0. The first kappa shape index (κ1) is 11.7. The molecule has 0 N–H and O–H groups in total. The van der Waals surface area contributed by atoms with Crippen LogP contribution in [0.3, 0.4) is 0 Å². The normalized spacial score (nSPS) is 11.2. The minimum atomic E-state index is 0.988. The SMILES string of the molecule is Cc1ccccc1C=Cc1ccc2ccccc2n1. The Kier molecular flexibility index (Phi) is 3.11. The van der Waals surface area contributed by atoms with E-state index < -0.39 is 0 Å². The van der Waals surface area contributed by atoms with E-state index >= 15 is 0 Å². The highest BCUT2D eigenvalue weighted by molar-refractivity contribution is 5.80. The zero-order valence-electron chi connectivity index (χ0n) is 10.9. The second-order valence-electron chi connectivity index (χ2n) is 4.62. The Balaban J connectivity index is 1.95. The summed E-state index contributed by atoms with van der Waals surface area (Å²) in [7, 11) is 0. The van der Waals surface area contributed by atoms with E-state index in [1.54, 1.807) is 0 Å². The lowest BCUT2D eigenvalue weighted by atomic mass is 10.1. The highest BCUT2D eigenvalue weighted by Gasteiger charge is 1.95. The fraction of sp³-hybridized carbons (Fsp3) is 0.0556. The fourth-order valence-electron chi connectivity index (χ4n) is 2.12. The van der Waals surface area contributed by atoms with E-state index in [4.69, 9.17) is 0 Å². The molecule has 0 radical (unpaired) electrons. The van der Waals surface area contributed by atoms with Gasteiger partial charge in [-0.05, 0) is 36.3 Å². The van der Waals surface area contributed by atoms with Crippen LogP contribution < -0.4 is 0 Å². The van der Waals surface area contributed by atoms with Crippen LogP contribution in [0.1, 0.15) is 16.8 Å². The second-order valence-corrected chi connectivity index (χ2v) is 4.62. The minimum absolute atomic E-state index is 0.988. The molecule has 1 heterocycles. The van der Waals surface area contributed by atoms with Crippen molar-refractivity contribution in [3.05, 3.63) is 77.5 Å². The molecule has 0 aliphatic heterocycles. The number of nitrogens with zero attached hydrogens (tertiary/aromatic N) is 1. The lowest BCUT2D eigenvalue weighted by Gasteiger charge is -2.00. The quantitative estimate of drug-likeness (QED) is 0.637. The molecule has 0 fully saturated rings. The van der Waals surface area contributed by atoms with Crippen molar-refractivity contribution in [3.63, 3.8) is 0 Å². The van der Waals surface area contributed by atoms with Crippen LogP contribution in [-0.2, 0) is 0 Å². The van der Waals surface area contributed by atoms with Crippen molar-refractivity contribution in [1.82, 2.24) is 4.98 Å². The van der Waals surface area contributed by atoms with Crippen LogP contribution in [0.15, 0.2) is 60.7 Å². The number of pyridine rings is 1. The largest absolute Gasteiger partial charge is 0.248 e. The Morgan fingerprint density at radius 1 is 0.789 bits per heavy atom. The topological polar surface area (TPSA) is 12.9 Å². The predicted octanol–water partition coefficient (Wildman–Crippen LogP) is 4.71. The number of benzene rings is 2. The van der Waals surface area contributed by atoms with Gasteiger partial charge in [0.2, 0.25) is 0 Å². The molecule has 3 rings (SSSR count). The number of para-hydroxylation sites is 1. The molecule has 0 unspecified atom stereocenters. The van der Waals surface area contributed by atoms with Gasteiger partial charge in [-0.25, -0.2) is 4.98 Å². The van der Waals surface area contributed by atoms with Crippen molar-refractivity contribution in [2.24, 2.45) is 0 Å². The van der Waals surface area contributed by atoms with Gasteiger partial charge in [0.1, 0.15) is 0 Å². The first-order valence-corrected chi connectivity index (χ1v) is 6.42. The van der Waals surface area contributed by atoms with Crippen LogP contribution >= 0.6 is 0 Å². The van der Waals surface area contributed by atoms with Gasteiger partial charge in [-0.1, -0.05) is 54.6 Å². The Labute approximate surface area is 113 Å². The standard InChI is InChI=1S/C18H15N/c1-14-6-2-3-7-15(14)10-12-17-13-11-16-8-4-5-9-18(16)19-17/h2-13H,1H3. The van der Waals surface area contributed by atoms with Crippen LogP contribution in [0.2, 0.25) is 0 Å². The maximum atomic E-state index is 4.63. The Bertz CT molecular complexity index is 741. The zero-order chi connectivity index (χ0) is 13.1. The number of aromatic nitrogens is 1. The molecular formula is C18H15N. The van der Waals surface area contributed by atoms with E-state index in [9.17, 15) is 0 Å². The Morgan fingerprint density at radius 3 is 2.47 bits per heavy atom. The van der Waals surface area contributed by atoms with Gasteiger partial charge in [0.25, 0.3) is 0 Å². The highest BCUT2D eigenvalue weighted by Crippen LogP contribution is 2.15. The van der Waals surface area contributed by atoms with Crippen molar-refractivity contribution in [2.45, 2.75) is 6.92 Å². The van der Waals surface area contributed by atoms with Gasteiger partial charge in [-0.15, -0.1) is 0 Å². The summed E-state index contributed by atoms with van der Waals surface area (Å²) in [6.45, 7) is 2.12. The molecule has 19 heavy (non-hydrogen) atoms. The molecule has 0 saturated heterocycles. The van der Waals surface area contributed by atoms with Gasteiger partial charge in [0.05, 0.1) is 11.2 Å². The van der Waals surface area contributed by atoms with Crippen LogP contribution in [0.5, 0.6) is 0 Å². The van der Waals surface area contributed by atoms with Gasteiger partial charge in [0.15, 0.2) is 0 Å². The summed E-state index contributed by atoms with van der Waals surface area (Å²) in [5.41, 5.74) is 4.54. The average Bonchev–Trinajstić information content (AvgIpc) is 2.46. The Hall–Kier alpha value is -2.41. The zero-order valence-corrected chi connectivity index (χ0v) is 10.9. The number of fused-ring (bicyclic) bond motifs is 1. The molecular weight excluding hydrogens is 230 g/mol. The van der Waals surface area contributed by atoms with Crippen molar-refractivity contribution in [3.8, 4) is 0 Å². The van der Waals surface area contributed by atoms with Crippen molar-refractivity contribution in [1.29, 1.82) is 0 Å². The summed E-state index contributed by atoms with van der Waals surface area (Å²) in [5.74, 6) is 0. The van der Waals surface area contributed by atoms with E-state index in [0.717, 1.165) is 11.2 Å². The summed E-state index contributed by atoms with van der Waals surface area (Å²) in [6, 6.07) is 20.7. The van der Waals surface area contributed by atoms with Gasteiger partial charge in [-0.3, -0.25) is 0 Å². The van der Waals surface area contributed by atoms with E-state index in [1.165, 1.54) is 16.5 Å². The van der Waals surface area contributed by atoms with E-state index in [0.29, 0.717) is 0 Å². The molecule has 0 atom stereocenters. The summed E-state index contributed by atoms with van der Waals surface area (Å²) in [5, 5.41) is 1.18. The first-order chi connectivity index (χ1) is 9.33. The molecule has 0 aliphatic rings. The first-order valence-electron chi connectivity index (χ1n) is 6.42.